The fourth-order valence-electron chi connectivity index (χ4n) is 1.63. The summed E-state index contributed by atoms with van der Waals surface area (Å²) in [6, 6.07) is 0. The van der Waals surface area contributed by atoms with Crippen LogP contribution in [0.5, 0.6) is 0 Å². The summed E-state index contributed by atoms with van der Waals surface area (Å²) < 4.78 is 5.70. The van der Waals surface area contributed by atoms with Gasteiger partial charge in [0, 0.05) is 33.8 Å². The number of rotatable bonds is 7. The maximum atomic E-state index is 5.70. The van der Waals surface area contributed by atoms with E-state index in [0.717, 1.165) is 32.1 Å². The van der Waals surface area contributed by atoms with Crippen LogP contribution in [0.25, 0.3) is 0 Å². The molecule has 0 bridgehead atoms. The Morgan fingerprint density at radius 2 is 1.89 bits per heavy atom. The number of aliphatic imine (C=N–C) groups is 1. The Balaban J connectivity index is 0. The standard InChI is InChI=1S/C13H29N3O.HI/c1-7-14-13(16(5)6)15-10-9-12(11(3)4)17-8-2;/h11-12H,7-10H2,1-6H3,(H,14,15);1H. The summed E-state index contributed by atoms with van der Waals surface area (Å²) in [5, 5.41) is 3.25. The predicted octanol–water partition coefficient (Wildman–Crippen LogP) is 2.58. The average Bonchev–Trinajstić information content (AvgIpc) is 2.26. The Morgan fingerprint density at radius 1 is 1.28 bits per heavy atom. The van der Waals surface area contributed by atoms with E-state index in [0.29, 0.717) is 12.0 Å². The summed E-state index contributed by atoms with van der Waals surface area (Å²) in [4.78, 5) is 6.58. The second-order valence-corrected chi connectivity index (χ2v) is 4.66. The van der Waals surface area contributed by atoms with Gasteiger partial charge in [-0.05, 0) is 26.2 Å². The second kappa shape index (κ2) is 12.0. The lowest BCUT2D eigenvalue weighted by Crippen LogP contribution is -2.36. The van der Waals surface area contributed by atoms with Crippen LogP contribution in [0, 0.1) is 5.92 Å². The van der Waals surface area contributed by atoms with E-state index in [9.17, 15) is 0 Å². The van der Waals surface area contributed by atoms with E-state index in [4.69, 9.17) is 4.74 Å². The molecule has 0 heterocycles. The molecule has 110 valence electrons. The molecule has 5 heteroatoms. The van der Waals surface area contributed by atoms with Crippen LogP contribution in [0.4, 0.5) is 0 Å². The molecule has 0 spiro atoms. The van der Waals surface area contributed by atoms with Gasteiger partial charge in [-0.2, -0.15) is 0 Å². The topological polar surface area (TPSA) is 36.9 Å². The third-order valence-electron chi connectivity index (χ3n) is 2.56. The molecule has 0 aromatic heterocycles. The molecule has 1 N–H and O–H groups in total. The molecule has 1 unspecified atom stereocenters. The number of hydrogen-bond donors (Lipinski definition) is 1. The van der Waals surface area contributed by atoms with Gasteiger partial charge in [0.05, 0.1) is 6.10 Å². The summed E-state index contributed by atoms with van der Waals surface area (Å²) in [7, 11) is 4.01. The van der Waals surface area contributed by atoms with Gasteiger partial charge in [-0.3, -0.25) is 4.99 Å². The number of nitrogens with zero attached hydrogens (tertiary/aromatic N) is 2. The average molecular weight is 371 g/mol. The van der Waals surface area contributed by atoms with Gasteiger partial charge in [0.25, 0.3) is 0 Å². The Bertz CT molecular complexity index is 220. The summed E-state index contributed by atoms with van der Waals surface area (Å²) in [6.07, 6.45) is 1.29. The third-order valence-corrected chi connectivity index (χ3v) is 2.56. The van der Waals surface area contributed by atoms with Crippen molar-refractivity contribution in [3.05, 3.63) is 0 Å². The van der Waals surface area contributed by atoms with E-state index in [-0.39, 0.29) is 24.0 Å². The van der Waals surface area contributed by atoms with Crippen molar-refractivity contribution in [2.75, 3.05) is 33.8 Å². The van der Waals surface area contributed by atoms with E-state index in [2.05, 4.69) is 31.1 Å². The molecule has 0 amide bonds. The largest absolute Gasteiger partial charge is 0.378 e. The Morgan fingerprint density at radius 3 is 2.28 bits per heavy atom. The van der Waals surface area contributed by atoms with Crippen LogP contribution in [0.15, 0.2) is 4.99 Å². The second-order valence-electron chi connectivity index (χ2n) is 4.66. The van der Waals surface area contributed by atoms with E-state index in [1.54, 1.807) is 0 Å². The Kier molecular flexibility index (Phi) is 13.5. The minimum atomic E-state index is 0. The van der Waals surface area contributed by atoms with Gasteiger partial charge < -0.3 is 15.0 Å². The van der Waals surface area contributed by atoms with Crippen molar-refractivity contribution in [1.29, 1.82) is 0 Å². The highest BCUT2D eigenvalue weighted by Crippen LogP contribution is 2.10. The van der Waals surface area contributed by atoms with Crippen LogP contribution in [-0.2, 0) is 4.74 Å². The normalized spacial score (nSPS) is 13.2. The molecule has 0 fully saturated rings. The lowest BCUT2D eigenvalue weighted by atomic mass is 10.0. The molecular formula is C13H30IN3O. The predicted molar refractivity (Wildman–Crippen MR) is 89.9 cm³/mol. The summed E-state index contributed by atoms with van der Waals surface area (Å²) in [5.74, 6) is 1.50. The van der Waals surface area contributed by atoms with Crippen molar-refractivity contribution in [3.63, 3.8) is 0 Å². The number of guanidine groups is 1. The molecule has 18 heavy (non-hydrogen) atoms. The van der Waals surface area contributed by atoms with Gasteiger partial charge >= 0.3 is 0 Å². The highest BCUT2D eigenvalue weighted by molar-refractivity contribution is 14.0. The van der Waals surface area contributed by atoms with Crippen LogP contribution in [0.2, 0.25) is 0 Å². The number of ether oxygens (including phenoxy) is 1. The van der Waals surface area contributed by atoms with Gasteiger partial charge in [0.1, 0.15) is 0 Å². The van der Waals surface area contributed by atoms with Gasteiger partial charge in [0.2, 0.25) is 0 Å². The molecular weight excluding hydrogens is 341 g/mol. The molecule has 0 radical (unpaired) electrons. The highest BCUT2D eigenvalue weighted by Gasteiger charge is 2.12. The third kappa shape index (κ3) is 8.97. The Labute approximate surface area is 130 Å². The van der Waals surface area contributed by atoms with Crippen molar-refractivity contribution in [3.8, 4) is 0 Å². The van der Waals surface area contributed by atoms with Crippen LogP contribution in [0.1, 0.15) is 34.1 Å². The molecule has 0 aliphatic rings. The molecule has 0 aliphatic carbocycles. The molecule has 1 atom stereocenters. The lowest BCUT2D eigenvalue weighted by Gasteiger charge is -2.21. The van der Waals surface area contributed by atoms with Crippen LogP contribution in [-0.4, -0.2) is 50.8 Å². The Hall–Kier alpha value is -0.0400. The fourth-order valence-corrected chi connectivity index (χ4v) is 1.63. The van der Waals surface area contributed by atoms with Gasteiger partial charge in [-0.15, -0.1) is 24.0 Å². The number of halogens is 1. The van der Waals surface area contributed by atoms with Crippen molar-refractivity contribution in [2.45, 2.75) is 40.2 Å². The quantitative estimate of drug-likeness (QED) is 0.425. The van der Waals surface area contributed by atoms with Crippen LogP contribution < -0.4 is 5.32 Å². The van der Waals surface area contributed by atoms with Crippen molar-refractivity contribution < 1.29 is 4.74 Å². The molecule has 0 aromatic carbocycles. The summed E-state index contributed by atoms with van der Waals surface area (Å²) in [5.41, 5.74) is 0. The molecule has 4 nitrogen and oxygen atoms in total. The first-order chi connectivity index (χ1) is 8.02. The first kappa shape index (κ1) is 20.3. The monoisotopic (exact) mass is 371 g/mol. The van der Waals surface area contributed by atoms with E-state index < -0.39 is 0 Å². The maximum absolute atomic E-state index is 5.70. The maximum Gasteiger partial charge on any atom is 0.193 e. The molecule has 0 aromatic rings. The number of nitrogens with one attached hydrogen (secondary N) is 1. The van der Waals surface area contributed by atoms with Gasteiger partial charge in [0.15, 0.2) is 5.96 Å². The first-order valence-corrected chi connectivity index (χ1v) is 6.60. The van der Waals surface area contributed by atoms with E-state index in [1.165, 1.54) is 0 Å². The molecule has 0 rings (SSSR count). The zero-order chi connectivity index (χ0) is 13.3. The van der Waals surface area contributed by atoms with Crippen LogP contribution >= 0.6 is 24.0 Å². The van der Waals surface area contributed by atoms with Gasteiger partial charge in [-0.1, -0.05) is 13.8 Å². The minimum Gasteiger partial charge on any atom is -0.378 e. The summed E-state index contributed by atoms with van der Waals surface area (Å²) >= 11 is 0. The minimum absolute atomic E-state index is 0. The van der Waals surface area contributed by atoms with Gasteiger partial charge in [-0.25, -0.2) is 0 Å². The zero-order valence-corrected chi connectivity index (χ0v) is 15.0. The number of hydrogen-bond acceptors (Lipinski definition) is 2. The molecule has 0 aliphatic heterocycles. The highest BCUT2D eigenvalue weighted by atomic mass is 127. The van der Waals surface area contributed by atoms with E-state index >= 15 is 0 Å². The summed E-state index contributed by atoms with van der Waals surface area (Å²) in [6.45, 7) is 11.0. The first-order valence-electron chi connectivity index (χ1n) is 6.60. The van der Waals surface area contributed by atoms with Crippen molar-refractivity contribution in [2.24, 2.45) is 10.9 Å². The SMILES string of the molecule is CCNC(=NCCC(OCC)C(C)C)N(C)C.I. The smallest absolute Gasteiger partial charge is 0.193 e. The zero-order valence-electron chi connectivity index (χ0n) is 12.7. The van der Waals surface area contributed by atoms with E-state index in [1.807, 2.05) is 25.9 Å². The van der Waals surface area contributed by atoms with Crippen molar-refractivity contribution in [1.82, 2.24) is 10.2 Å². The van der Waals surface area contributed by atoms with Crippen molar-refractivity contribution >= 4 is 29.9 Å². The van der Waals surface area contributed by atoms with Crippen LogP contribution in [0.3, 0.4) is 0 Å². The molecule has 0 saturated carbocycles. The lowest BCUT2D eigenvalue weighted by molar-refractivity contribution is 0.0266. The fraction of sp³-hybridized carbons (Fsp3) is 0.923. The molecule has 0 saturated heterocycles.